The Kier molecular flexibility index (Phi) is 6.77. The zero-order chi connectivity index (χ0) is 25.4. The smallest absolute Gasteiger partial charge is 0.235 e. The monoisotopic (exact) mass is 607 g/mol. The molecule has 0 aliphatic carbocycles. The maximum Gasteiger partial charge on any atom is 0.235 e. The molecule has 5 rings (SSSR count). The van der Waals surface area contributed by atoms with Crippen molar-refractivity contribution in [1.29, 1.82) is 0 Å². The first-order valence-electron chi connectivity index (χ1n) is 11.6. The van der Waals surface area contributed by atoms with E-state index in [1.165, 1.54) is 0 Å². The molecule has 0 bridgehead atoms. The number of anilines is 1. The van der Waals surface area contributed by atoms with Gasteiger partial charge in [0.2, 0.25) is 16.9 Å². The van der Waals surface area contributed by atoms with Crippen molar-refractivity contribution in [3.8, 4) is 17.3 Å². The van der Waals surface area contributed by atoms with Crippen molar-refractivity contribution in [3.63, 3.8) is 0 Å². The van der Waals surface area contributed by atoms with Crippen molar-refractivity contribution in [3.05, 3.63) is 91.0 Å². The summed E-state index contributed by atoms with van der Waals surface area (Å²) >= 11 is 6.97. The molecular weight excluding hydrogens is 586 g/mol. The number of halogens is 2. The lowest BCUT2D eigenvalue weighted by molar-refractivity contribution is 0.442. The molecule has 0 unspecified atom stereocenters. The van der Waals surface area contributed by atoms with Gasteiger partial charge in [-0.25, -0.2) is 0 Å². The highest BCUT2D eigenvalue weighted by Gasteiger charge is 2.19. The molecule has 0 radical (unpaired) electrons. The van der Waals surface area contributed by atoms with E-state index >= 15 is 0 Å². The molecule has 1 N–H and O–H groups in total. The Bertz CT molecular complexity index is 1660. The van der Waals surface area contributed by atoms with Gasteiger partial charge in [0.1, 0.15) is 11.2 Å². The van der Waals surface area contributed by atoms with Gasteiger partial charge in [0, 0.05) is 39.2 Å². The third-order valence-corrected chi connectivity index (χ3v) is 7.02. The molecule has 0 amide bonds. The second-order valence-corrected chi connectivity index (χ2v) is 10.2. The van der Waals surface area contributed by atoms with Crippen LogP contribution in [0, 0.1) is 0 Å². The van der Waals surface area contributed by atoms with Crippen molar-refractivity contribution in [2.75, 3.05) is 18.0 Å². The molecule has 2 heterocycles. The molecule has 7 heteroatoms. The Balaban J connectivity index is 1.52. The normalized spacial score (nSPS) is 11.7. The van der Waals surface area contributed by atoms with E-state index in [-0.39, 0.29) is 5.76 Å². The number of rotatable bonds is 6. The van der Waals surface area contributed by atoms with Gasteiger partial charge in [-0.3, -0.25) is 4.79 Å². The first-order chi connectivity index (χ1) is 17.4. The lowest BCUT2D eigenvalue weighted by Crippen LogP contribution is -2.21. The summed E-state index contributed by atoms with van der Waals surface area (Å²) in [4.78, 5) is 15.3. The summed E-state index contributed by atoms with van der Waals surface area (Å²) in [5.74, 6) is -0.139. The van der Waals surface area contributed by atoms with Crippen LogP contribution in [0.5, 0.6) is 5.75 Å². The molecule has 0 aliphatic heterocycles. The van der Waals surface area contributed by atoms with Crippen LogP contribution in [0.25, 0.3) is 45.6 Å². The molecular formula is C29H23Br2NO4. The van der Waals surface area contributed by atoms with Crippen LogP contribution in [0.1, 0.15) is 25.0 Å². The fourth-order valence-electron chi connectivity index (χ4n) is 4.25. The fourth-order valence-corrected chi connectivity index (χ4v) is 5.58. The Morgan fingerprint density at radius 1 is 0.833 bits per heavy atom. The number of hydrogen-bond donors (Lipinski definition) is 1. The molecule has 0 saturated carbocycles. The van der Waals surface area contributed by atoms with Crippen LogP contribution in [0.4, 0.5) is 5.69 Å². The van der Waals surface area contributed by atoms with Gasteiger partial charge in [-0.2, -0.15) is 0 Å². The molecule has 2 aromatic heterocycles. The molecule has 0 saturated heterocycles. The maximum atomic E-state index is 13.1. The van der Waals surface area contributed by atoms with Crippen LogP contribution < -0.4 is 10.3 Å². The average molecular weight is 609 g/mol. The second kappa shape index (κ2) is 9.99. The van der Waals surface area contributed by atoms with E-state index in [1.807, 2.05) is 54.6 Å². The zero-order valence-corrected chi connectivity index (χ0v) is 22.9. The molecule has 5 nitrogen and oxygen atoms in total. The lowest BCUT2D eigenvalue weighted by Gasteiger charge is -2.20. The predicted octanol–water partition coefficient (Wildman–Crippen LogP) is 8.45. The van der Waals surface area contributed by atoms with Gasteiger partial charge in [0.25, 0.3) is 0 Å². The average Bonchev–Trinajstić information content (AvgIpc) is 3.28. The molecule has 0 aliphatic rings. The minimum Gasteiger partial charge on any atom is -0.501 e. The van der Waals surface area contributed by atoms with E-state index in [0.717, 1.165) is 44.2 Å². The summed E-state index contributed by atoms with van der Waals surface area (Å²) in [7, 11) is 0. The summed E-state index contributed by atoms with van der Waals surface area (Å²) in [5.41, 5.74) is 3.39. The second-order valence-electron chi connectivity index (χ2n) is 8.41. The van der Waals surface area contributed by atoms with E-state index in [2.05, 4.69) is 50.6 Å². The predicted molar refractivity (Wildman–Crippen MR) is 154 cm³/mol. The minimum absolute atomic E-state index is 0.0235. The zero-order valence-electron chi connectivity index (χ0n) is 19.7. The largest absolute Gasteiger partial charge is 0.501 e. The summed E-state index contributed by atoms with van der Waals surface area (Å²) in [5, 5.41) is 11.9. The van der Waals surface area contributed by atoms with Gasteiger partial charge in [-0.1, -0.05) is 50.1 Å². The Labute approximate surface area is 224 Å². The van der Waals surface area contributed by atoms with Crippen molar-refractivity contribution in [2.24, 2.45) is 0 Å². The van der Waals surface area contributed by atoms with E-state index in [4.69, 9.17) is 8.83 Å². The van der Waals surface area contributed by atoms with Crippen LogP contribution in [0.3, 0.4) is 0 Å². The maximum absolute atomic E-state index is 13.1. The first-order valence-corrected chi connectivity index (χ1v) is 13.2. The highest BCUT2D eigenvalue weighted by molar-refractivity contribution is 9.11. The van der Waals surface area contributed by atoms with Gasteiger partial charge in [-0.15, -0.1) is 0 Å². The third kappa shape index (κ3) is 4.73. The number of nitrogens with zero attached hydrogens (tertiary/aromatic N) is 1. The van der Waals surface area contributed by atoms with E-state index in [9.17, 15) is 9.90 Å². The SMILES string of the molecule is CCN(CC)c1ccc2cc(-c3oc4ccc(/C=C/c5cc(Br)cc(Br)c5)cc4c(=O)c3O)oc2c1. The number of furan rings is 1. The summed E-state index contributed by atoms with van der Waals surface area (Å²) in [6, 6.07) is 19.0. The highest BCUT2D eigenvalue weighted by atomic mass is 79.9. The Morgan fingerprint density at radius 2 is 1.56 bits per heavy atom. The standard InChI is InChI=1S/C29H23Br2NO4/c1-3-32(4-2)22-9-8-19-14-26(35-25(19)16-22)29-28(34)27(33)23-13-17(7-10-24(23)36-29)5-6-18-11-20(30)15-21(31)12-18/h5-16,34H,3-4H2,1-2H3/b6-5+. The minimum atomic E-state index is -0.504. The van der Waals surface area contributed by atoms with Crippen molar-refractivity contribution in [1.82, 2.24) is 0 Å². The van der Waals surface area contributed by atoms with Crippen LogP contribution in [-0.2, 0) is 0 Å². The van der Waals surface area contributed by atoms with Gasteiger partial charge < -0.3 is 18.8 Å². The number of fused-ring (bicyclic) bond motifs is 2. The summed E-state index contributed by atoms with van der Waals surface area (Å²) in [6.07, 6.45) is 3.86. The quantitative estimate of drug-likeness (QED) is 0.196. The van der Waals surface area contributed by atoms with Crippen LogP contribution in [0.2, 0.25) is 0 Å². The van der Waals surface area contributed by atoms with Crippen LogP contribution in [-0.4, -0.2) is 18.2 Å². The highest BCUT2D eigenvalue weighted by Crippen LogP contribution is 2.35. The van der Waals surface area contributed by atoms with Gasteiger partial charge >= 0.3 is 0 Å². The number of benzene rings is 3. The Morgan fingerprint density at radius 3 is 2.28 bits per heavy atom. The molecule has 182 valence electrons. The van der Waals surface area contributed by atoms with Crippen molar-refractivity contribution >= 4 is 71.6 Å². The van der Waals surface area contributed by atoms with Crippen LogP contribution >= 0.6 is 31.9 Å². The van der Waals surface area contributed by atoms with Crippen LogP contribution in [0.15, 0.2) is 83.2 Å². The van der Waals surface area contributed by atoms with E-state index < -0.39 is 11.2 Å². The number of hydrogen-bond acceptors (Lipinski definition) is 5. The number of aromatic hydroxyl groups is 1. The van der Waals surface area contributed by atoms with E-state index in [1.54, 1.807) is 18.2 Å². The van der Waals surface area contributed by atoms with Crippen molar-refractivity contribution < 1.29 is 13.9 Å². The van der Waals surface area contributed by atoms with Crippen molar-refractivity contribution in [2.45, 2.75) is 13.8 Å². The topological polar surface area (TPSA) is 66.8 Å². The lowest BCUT2D eigenvalue weighted by atomic mass is 10.1. The van der Waals surface area contributed by atoms with Gasteiger partial charge in [0.15, 0.2) is 5.76 Å². The fraction of sp³-hybridized carbons (Fsp3) is 0.138. The van der Waals surface area contributed by atoms with Gasteiger partial charge in [0.05, 0.1) is 5.39 Å². The third-order valence-electron chi connectivity index (χ3n) is 6.10. The molecule has 3 aromatic carbocycles. The first kappa shape index (κ1) is 24.4. The molecule has 36 heavy (non-hydrogen) atoms. The van der Waals surface area contributed by atoms with E-state index in [0.29, 0.717) is 22.3 Å². The van der Waals surface area contributed by atoms with Gasteiger partial charge in [-0.05, 0) is 73.5 Å². The summed E-state index contributed by atoms with van der Waals surface area (Å²) < 4.78 is 13.9. The molecule has 0 fully saturated rings. The Hall–Kier alpha value is -3.29. The molecule has 5 aromatic rings. The molecule has 0 atom stereocenters. The molecule has 0 spiro atoms. The summed E-state index contributed by atoms with van der Waals surface area (Å²) in [6.45, 7) is 5.97.